The number of hydrogen-bond donors (Lipinski definition) is 1. The molecule has 1 atom stereocenters. The number of carboxylic acids is 1. The number of carbonyl (C=O) groups is 2. The number of aliphatic carboxylic acids is 1. The minimum Gasteiger partial charge on any atom is -0.492 e. The van der Waals surface area contributed by atoms with E-state index in [0.29, 0.717) is 28.2 Å². The fourth-order valence-electron chi connectivity index (χ4n) is 4.46. The number of carboxylic acid groups (broad SMARTS) is 1. The molecule has 3 aromatic rings. The summed E-state index contributed by atoms with van der Waals surface area (Å²) in [5.74, 6) is 0.128. The Morgan fingerprint density at radius 1 is 0.881 bits per heavy atom. The number of carbonyl (C=O) groups excluding carboxylic acids is 1. The molecule has 0 saturated carbocycles. The van der Waals surface area contributed by atoms with Gasteiger partial charge >= 0.3 is 12.1 Å². The van der Waals surface area contributed by atoms with E-state index in [1.54, 1.807) is 49.4 Å². The predicted molar refractivity (Wildman–Crippen MR) is 163 cm³/mol. The van der Waals surface area contributed by atoms with Crippen molar-refractivity contribution in [3.8, 4) is 11.5 Å². The van der Waals surface area contributed by atoms with Gasteiger partial charge in [-0.15, -0.1) is 0 Å². The molecule has 0 bridgehead atoms. The van der Waals surface area contributed by atoms with Crippen LogP contribution in [0.4, 0.5) is 4.79 Å². The van der Waals surface area contributed by atoms with Crippen molar-refractivity contribution in [3.63, 3.8) is 0 Å². The second-order valence-electron chi connectivity index (χ2n) is 9.89. The van der Waals surface area contributed by atoms with Crippen LogP contribution >= 0.6 is 23.2 Å². The first kappa shape index (κ1) is 33.2. The molecule has 0 fully saturated rings. The number of amides is 1. The van der Waals surface area contributed by atoms with E-state index >= 15 is 0 Å². The van der Waals surface area contributed by atoms with Crippen LogP contribution in [0.15, 0.2) is 54.6 Å². The highest BCUT2D eigenvalue weighted by atomic mass is 35.5. The molecule has 3 rings (SSSR count). The Morgan fingerprint density at radius 2 is 1.50 bits per heavy atom. The summed E-state index contributed by atoms with van der Waals surface area (Å²) < 4.78 is 22.8. The monoisotopic (exact) mass is 617 g/mol. The average molecular weight is 619 g/mol. The molecule has 1 N–H and O–H groups in total. The number of nitrogens with zero attached hydrogens (tertiary/aromatic N) is 1. The van der Waals surface area contributed by atoms with Crippen LogP contribution in [-0.2, 0) is 27.3 Å². The van der Waals surface area contributed by atoms with Crippen LogP contribution < -0.4 is 9.47 Å². The molecule has 0 heterocycles. The van der Waals surface area contributed by atoms with Gasteiger partial charge in [-0.05, 0) is 80.3 Å². The fourth-order valence-corrected chi connectivity index (χ4v) is 5.03. The topological polar surface area (TPSA) is 94.5 Å². The van der Waals surface area contributed by atoms with Crippen molar-refractivity contribution in [1.29, 1.82) is 0 Å². The Bertz CT molecular complexity index is 1300. The van der Waals surface area contributed by atoms with E-state index in [9.17, 15) is 14.7 Å². The highest BCUT2D eigenvalue weighted by Crippen LogP contribution is 2.25. The lowest BCUT2D eigenvalue weighted by atomic mass is 10.1. The van der Waals surface area contributed by atoms with Gasteiger partial charge in [-0.25, -0.2) is 9.59 Å². The molecule has 1 amide bonds. The molecule has 1 unspecified atom stereocenters. The minimum atomic E-state index is -1.000. The molecule has 42 heavy (non-hydrogen) atoms. The quantitative estimate of drug-likeness (QED) is 0.183. The highest BCUT2D eigenvalue weighted by molar-refractivity contribution is 6.34. The molecule has 10 heteroatoms. The second kappa shape index (κ2) is 16.4. The van der Waals surface area contributed by atoms with Crippen LogP contribution in [0.3, 0.4) is 0 Å². The lowest BCUT2D eigenvalue weighted by Crippen LogP contribution is -2.39. The lowest BCUT2D eigenvalue weighted by molar-refractivity contribution is -0.149. The van der Waals surface area contributed by atoms with E-state index in [-0.39, 0.29) is 39.3 Å². The Labute approximate surface area is 257 Å². The first-order chi connectivity index (χ1) is 20.0. The lowest BCUT2D eigenvalue weighted by Gasteiger charge is -2.23. The van der Waals surface area contributed by atoms with E-state index in [1.165, 1.54) is 4.90 Å². The van der Waals surface area contributed by atoms with Crippen molar-refractivity contribution >= 4 is 35.3 Å². The molecule has 0 spiro atoms. The van der Waals surface area contributed by atoms with Crippen LogP contribution in [0.5, 0.6) is 11.5 Å². The van der Waals surface area contributed by atoms with Crippen LogP contribution in [0.2, 0.25) is 10.0 Å². The van der Waals surface area contributed by atoms with Crippen molar-refractivity contribution < 1.29 is 33.6 Å². The zero-order valence-electron chi connectivity index (χ0n) is 24.3. The van der Waals surface area contributed by atoms with Crippen molar-refractivity contribution in [2.45, 2.75) is 46.8 Å². The zero-order chi connectivity index (χ0) is 30.6. The first-order valence-electron chi connectivity index (χ1n) is 13.7. The molecule has 0 aromatic heterocycles. The van der Waals surface area contributed by atoms with Crippen molar-refractivity contribution in [2.75, 3.05) is 32.9 Å². The maximum absolute atomic E-state index is 13.3. The van der Waals surface area contributed by atoms with Crippen LogP contribution in [0.1, 0.15) is 34.7 Å². The number of aryl methyl sites for hydroxylation is 3. The Hall–Kier alpha value is -3.30. The molecule has 0 saturated heterocycles. The molecule has 0 aliphatic carbocycles. The average Bonchev–Trinajstić information content (AvgIpc) is 2.92. The standard InChI is InChI=1S/C32H37Cl2NO7/c1-5-40-29(31(36)37)18-24-6-8-28(9-7-24)41-13-11-35(10-12-39-20-25-16-26(33)19-27(34)17-25)32(38)42-30-22(3)14-21(2)15-23(30)4/h6-9,14-17,19,29H,5,10-13,18,20H2,1-4H3,(H,36,37). The number of halogens is 2. The van der Waals surface area contributed by atoms with Crippen LogP contribution in [0, 0.1) is 20.8 Å². The molecule has 0 aliphatic heterocycles. The normalized spacial score (nSPS) is 11.7. The van der Waals surface area contributed by atoms with Gasteiger partial charge in [0.25, 0.3) is 0 Å². The summed E-state index contributed by atoms with van der Waals surface area (Å²) in [4.78, 5) is 26.2. The summed E-state index contributed by atoms with van der Waals surface area (Å²) in [5.41, 5.74) is 4.49. The van der Waals surface area contributed by atoms with Gasteiger partial charge in [0, 0.05) is 29.6 Å². The van der Waals surface area contributed by atoms with Gasteiger partial charge in [-0.3, -0.25) is 0 Å². The molecule has 8 nitrogen and oxygen atoms in total. The summed E-state index contributed by atoms with van der Waals surface area (Å²) >= 11 is 12.2. The minimum absolute atomic E-state index is 0.209. The van der Waals surface area contributed by atoms with E-state index < -0.39 is 18.2 Å². The Balaban J connectivity index is 1.61. The van der Waals surface area contributed by atoms with Gasteiger partial charge in [0.2, 0.25) is 0 Å². The SMILES string of the molecule is CCOC(Cc1ccc(OCCN(CCOCc2cc(Cl)cc(Cl)c2)C(=O)Oc2c(C)cc(C)cc2C)cc1)C(=O)O. The molecule has 0 radical (unpaired) electrons. The Kier molecular flexibility index (Phi) is 12.9. The maximum atomic E-state index is 13.3. The van der Waals surface area contributed by atoms with Crippen LogP contribution in [-0.4, -0.2) is 61.1 Å². The molecule has 226 valence electrons. The maximum Gasteiger partial charge on any atom is 0.415 e. The van der Waals surface area contributed by atoms with Gasteiger partial charge in [0.05, 0.1) is 19.8 Å². The second-order valence-corrected chi connectivity index (χ2v) is 10.8. The summed E-state index contributed by atoms with van der Waals surface area (Å²) in [5, 5.41) is 10.4. The largest absolute Gasteiger partial charge is 0.492 e. The van der Waals surface area contributed by atoms with Gasteiger partial charge < -0.3 is 29.0 Å². The molecule has 0 aliphatic rings. The van der Waals surface area contributed by atoms with Gasteiger partial charge in [-0.2, -0.15) is 0 Å². The highest BCUT2D eigenvalue weighted by Gasteiger charge is 2.20. The third-order valence-electron chi connectivity index (χ3n) is 6.37. The van der Waals surface area contributed by atoms with E-state index in [2.05, 4.69) is 0 Å². The van der Waals surface area contributed by atoms with E-state index in [0.717, 1.165) is 27.8 Å². The molecular weight excluding hydrogens is 581 g/mol. The van der Waals surface area contributed by atoms with Crippen molar-refractivity contribution in [1.82, 2.24) is 4.90 Å². The number of benzene rings is 3. The number of hydrogen-bond acceptors (Lipinski definition) is 6. The summed E-state index contributed by atoms with van der Waals surface area (Å²) in [6.07, 6.45) is -1.16. The summed E-state index contributed by atoms with van der Waals surface area (Å²) in [7, 11) is 0. The van der Waals surface area contributed by atoms with E-state index in [4.69, 9.17) is 42.1 Å². The molecule has 3 aromatic carbocycles. The summed E-state index contributed by atoms with van der Waals surface area (Å²) in [6.45, 7) is 9.17. The van der Waals surface area contributed by atoms with E-state index in [1.807, 2.05) is 32.9 Å². The van der Waals surface area contributed by atoms with Crippen LogP contribution in [0.25, 0.3) is 0 Å². The molecular formula is C32H37Cl2NO7. The number of ether oxygens (including phenoxy) is 4. The van der Waals surface area contributed by atoms with Crippen molar-refractivity contribution in [2.24, 2.45) is 0 Å². The van der Waals surface area contributed by atoms with Gasteiger partial charge in [0.15, 0.2) is 6.10 Å². The third kappa shape index (κ3) is 10.5. The zero-order valence-corrected chi connectivity index (χ0v) is 25.8. The summed E-state index contributed by atoms with van der Waals surface area (Å²) in [6, 6.07) is 16.3. The fraction of sp³-hybridized carbons (Fsp3) is 0.375. The Morgan fingerprint density at radius 3 is 2.10 bits per heavy atom. The van der Waals surface area contributed by atoms with Crippen molar-refractivity contribution in [3.05, 3.63) is 92.5 Å². The van der Waals surface area contributed by atoms with Gasteiger partial charge in [-0.1, -0.05) is 53.0 Å². The predicted octanol–water partition coefficient (Wildman–Crippen LogP) is 7.05. The third-order valence-corrected chi connectivity index (χ3v) is 6.80. The first-order valence-corrected chi connectivity index (χ1v) is 14.4. The number of rotatable bonds is 15. The smallest absolute Gasteiger partial charge is 0.415 e. The van der Waals surface area contributed by atoms with Gasteiger partial charge in [0.1, 0.15) is 18.1 Å².